The molecule has 0 unspecified atom stereocenters. The van der Waals surface area contributed by atoms with Crippen molar-refractivity contribution in [2.75, 3.05) is 11.9 Å². The second-order valence-corrected chi connectivity index (χ2v) is 7.62. The summed E-state index contributed by atoms with van der Waals surface area (Å²) >= 11 is 1.62. The number of ether oxygens (including phenoxy) is 1. The van der Waals surface area contributed by atoms with Gasteiger partial charge in [0.1, 0.15) is 0 Å². The number of anilines is 1. The average molecular weight is 357 g/mol. The normalized spacial score (nSPS) is 13.2. The Morgan fingerprint density at radius 2 is 1.80 bits per heavy atom. The molecule has 0 fully saturated rings. The maximum absolute atomic E-state index is 12.3. The summed E-state index contributed by atoms with van der Waals surface area (Å²) in [5.74, 6) is -0.709. The zero-order chi connectivity index (χ0) is 18.0. The molecule has 4 nitrogen and oxygen atoms in total. The van der Waals surface area contributed by atoms with Crippen molar-refractivity contribution >= 4 is 28.9 Å². The van der Waals surface area contributed by atoms with Crippen molar-refractivity contribution in [2.24, 2.45) is 0 Å². The number of fused-ring (bicyclic) bond motifs is 1. The fourth-order valence-electron chi connectivity index (χ4n) is 3.43. The molecule has 1 aromatic carbocycles. The van der Waals surface area contributed by atoms with Gasteiger partial charge in [0.05, 0.1) is 5.56 Å². The first-order chi connectivity index (χ1) is 12.0. The Bertz CT molecular complexity index is 799. The lowest BCUT2D eigenvalue weighted by Gasteiger charge is -2.14. The summed E-state index contributed by atoms with van der Waals surface area (Å²) in [5, 5.41) is 4.72. The van der Waals surface area contributed by atoms with E-state index >= 15 is 0 Å². The predicted octanol–water partition coefficient (Wildman–Crippen LogP) is 4.35. The van der Waals surface area contributed by atoms with Gasteiger partial charge in [-0.05, 0) is 63.1 Å². The van der Waals surface area contributed by atoms with Gasteiger partial charge in [0.15, 0.2) is 6.61 Å². The van der Waals surface area contributed by atoms with E-state index in [1.54, 1.807) is 11.3 Å². The molecule has 5 heteroatoms. The van der Waals surface area contributed by atoms with Crippen LogP contribution in [0.25, 0.3) is 0 Å². The summed E-state index contributed by atoms with van der Waals surface area (Å²) in [5.41, 5.74) is 5.71. The summed E-state index contributed by atoms with van der Waals surface area (Å²) in [6.45, 7) is 5.67. The van der Waals surface area contributed by atoms with Crippen LogP contribution >= 0.6 is 11.3 Å². The standard InChI is InChI=1S/C20H23NO3S/c1-12-8-13(2)19(14(3)9-12)21-18(22)10-24-20(23)16-11-25-17-7-5-4-6-15(16)17/h8-9,11H,4-7,10H2,1-3H3,(H,21,22). The largest absolute Gasteiger partial charge is 0.452 e. The van der Waals surface area contributed by atoms with Crippen LogP contribution in [0.3, 0.4) is 0 Å². The van der Waals surface area contributed by atoms with E-state index < -0.39 is 5.97 Å². The monoisotopic (exact) mass is 357 g/mol. The van der Waals surface area contributed by atoms with E-state index in [-0.39, 0.29) is 12.5 Å². The molecule has 1 aliphatic carbocycles. The number of nitrogens with one attached hydrogen (secondary N) is 1. The molecule has 1 heterocycles. The number of amides is 1. The van der Waals surface area contributed by atoms with Gasteiger partial charge in [0.25, 0.3) is 5.91 Å². The van der Waals surface area contributed by atoms with Crippen molar-refractivity contribution in [1.29, 1.82) is 0 Å². The highest BCUT2D eigenvalue weighted by Gasteiger charge is 2.21. The minimum Gasteiger partial charge on any atom is -0.452 e. The third-order valence-corrected chi connectivity index (χ3v) is 5.65. The average Bonchev–Trinajstić information content (AvgIpc) is 3.00. The van der Waals surface area contributed by atoms with E-state index in [2.05, 4.69) is 5.32 Å². The van der Waals surface area contributed by atoms with Crippen molar-refractivity contribution in [1.82, 2.24) is 0 Å². The van der Waals surface area contributed by atoms with Crippen molar-refractivity contribution in [2.45, 2.75) is 46.5 Å². The summed E-state index contributed by atoms with van der Waals surface area (Å²) in [4.78, 5) is 25.8. The van der Waals surface area contributed by atoms with Crippen LogP contribution in [-0.4, -0.2) is 18.5 Å². The second-order valence-electron chi connectivity index (χ2n) is 6.66. The highest BCUT2D eigenvalue weighted by molar-refractivity contribution is 7.10. The molecule has 1 N–H and O–H groups in total. The number of esters is 1. The summed E-state index contributed by atoms with van der Waals surface area (Å²) in [6, 6.07) is 4.04. The van der Waals surface area contributed by atoms with Crippen LogP contribution in [0.4, 0.5) is 5.69 Å². The molecular formula is C20H23NO3S. The first-order valence-electron chi connectivity index (χ1n) is 8.59. The number of carbonyl (C=O) groups excluding carboxylic acids is 2. The third-order valence-electron chi connectivity index (χ3n) is 4.56. The molecule has 0 saturated carbocycles. The zero-order valence-electron chi connectivity index (χ0n) is 14.9. The maximum atomic E-state index is 12.3. The fraction of sp³-hybridized carbons (Fsp3) is 0.400. The fourth-order valence-corrected chi connectivity index (χ4v) is 4.54. The molecule has 2 aromatic rings. The minimum atomic E-state index is -0.396. The van der Waals surface area contributed by atoms with Crippen LogP contribution in [0, 0.1) is 20.8 Å². The first-order valence-corrected chi connectivity index (χ1v) is 9.47. The van der Waals surface area contributed by atoms with Gasteiger partial charge in [0, 0.05) is 15.9 Å². The van der Waals surface area contributed by atoms with Crippen LogP contribution in [0.1, 0.15) is 50.3 Å². The molecule has 1 aliphatic rings. The lowest BCUT2D eigenvalue weighted by Crippen LogP contribution is -2.22. The number of aryl methyl sites for hydroxylation is 4. The molecule has 1 aromatic heterocycles. The van der Waals surface area contributed by atoms with E-state index in [0.29, 0.717) is 5.56 Å². The Morgan fingerprint density at radius 1 is 1.12 bits per heavy atom. The second kappa shape index (κ2) is 7.40. The van der Waals surface area contributed by atoms with E-state index in [0.717, 1.165) is 47.2 Å². The van der Waals surface area contributed by atoms with Crippen LogP contribution in [0.2, 0.25) is 0 Å². The van der Waals surface area contributed by atoms with Gasteiger partial charge in [-0.3, -0.25) is 4.79 Å². The Morgan fingerprint density at radius 3 is 2.52 bits per heavy atom. The van der Waals surface area contributed by atoms with Crippen molar-refractivity contribution in [3.63, 3.8) is 0 Å². The van der Waals surface area contributed by atoms with E-state index in [1.807, 2.05) is 38.3 Å². The number of rotatable bonds is 4. The van der Waals surface area contributed by atoms with E-state index in [4.69, 9.17) is 4.74 Å². The molecule has 0 aliphatic heterocycles. The Balaban J connectivity index is 1.61. The lowest BCUT2D eigenvalue weighted by molar-refractivity contribution is -0.119. The number of carbonyl (C=O) groups is 2. The molecule has 0 bridgehead atoms. The summed E-state index contributed by atoms with van der Waals surface area (Å²) in [7, 11) is 0. The minimum absolute atomic E-state index is 0.268. The molecule has 0 atom stereocenters. The highest BCUT2D eigenvalue weighted by atomic mass is 32.1. The number of hydrogen-bond acceptors (Lipinski definition) is 4. The smallest absolute Gasteiger partial charge is 0.339 e. The van der Waals surface area contributed by atoms with Gasteiger partial charge < -0.3 is 10.1 Å². The first kappa shape index (κ1) is 17.7. The molecular weight excluding hydrogens is 334 g/mol. The summed E-state index contributed by atoms with van der Waals surface area (Å²) in [6.07, 6.45) is 4.26. The van der Waals surface area contributed by atoms with Crippen LogP contribution in [-0.2, 0) is 22.4 Å². The Hall–Kier alpha value is -2.14. The topological polar surface area (TPSA) is 55.4 Å². The van der Waals surface area contributed by atoms with E-state index in [1.165, 1.54) is 11.3 Å². The van der Waals surface area contributed by atoms with Gasteiger partial charge >= 0.3 is 5.97 Å². The molecule has 0 spiro atoms. The molecule has 132 valence electrons. The molecule has 25 heavy (non-hydrogen) atoms. The van der Waals surface area contributed by atoms with Crippen LogP contribution in [0.15, 0.2) is 17.5 Å². The molecule has 0 saturated heterocycles. The number of hydrogen-bond donors (Lipinski definition) is 1. The van der Waals surface area contributed by atoms with Crippen molar-refractivity contribution in [3.8, 4) is 0 Å². The molecule has 3 rings (SSSR count). The van der Waals surface area contributed by atoms with Crippen molar-refractivity contribution in [3.05, 3.63) is 50.2 Å². The third kappa shape index (κ3) is 3.93. The van der Waals surface area contributed by atoms with Crippen LogP contribution < -0.4 is 5.32 Å². The Kier molecular flexibility index (Phi) is 5.23. The zero-order valence-corrected chi connectivity index (χ0v) is 15.7. The van der Waals surface area contributed by atoms with Gasteiger partial charge in [-0.25, -0.2) is 4.79 Å². The highest BCUT2D eigenvalue weighted by Crippen LogP contribution is 2.30. The Labute approximate surface area is 152 Å². The van der Waals surface area contributed by atoms with Crippen molar-refractivity contribution < 1.29 is 14.3 Å². The summed E-state index contributed by atoms with van der Waals surface area (Å²) < 4.78 is 5.25. The SMILES string of the molecule is Cc1cc(C)c(NC(=O)COC(=O)c2csc3c2CCCC3)c(C)c1. The van der Waals surface area contributed by atoms with Gasteiger partial charge in [-0.2, -0.15) is 0 Å². The lowest BCUT2D eigenvalue weighted by atomic mass is 9.96. The van der Waals surface area contributed by atoms with Gasteiger partial charge in [-0.1, -0.05) is 17.7 Å². The predicted molar refractivity (Wildman–Crippen MR) is 101 cm³/mol. The number of benzene rings is 1. The molecule has 1 amide bonds. The quantitative estimate of drug-likeness (QED) is 0.828. The van der Waals surface area contributed by atoms with Gasteiger partial charge in [0.2, 0.25) is 0 Å². The number of thiophene rings is 1. The molecule has 0 radical (unpaired) electrons. The van der Waals surface area contributed by atoms with E-state index in [9.17, 15) is 9.59 Å². The maximum Gasteiger partial charge on any atom is 0.339 e. The van der Waals surface area contributed by atoms with Gasteiger partial charge in [-0.15, -0.1) is 11.3 Å². The van der Waals surface area contributed by atoms with Crippen LogP contribution in [0.5, 0.6) is 0 Å².